The van der Waals surface area contributed by atoms with Gasteiger partial charge in [0.15, 0.2) is 17.5 Å². The molecule has 1 aromatic carbocycles. The van der Waals surface area contributed by atoms with E-state index in [1.807, 2.05) is 0 Å². The van der Waals surface area contributed by atoms with E-state index >= 15 is 0 Å². The first-order valence-corrected chi connectivity index (χ1v) is 4.82. The molecule has 16 heavy (non-hydrogen) atoms. The molecule has 1 atom stereocenters. The Bertz CT molecular complexity index is 370. The maximum absolute atomic E-state index is 12.9. The Balaban J connectivity index is 3.15. The van der Waals surface area contributed by atoms with Gasteiger partial charge in [-0.2, -0.15) is 0 Å². The lowest BCUT2D eigenvalue weighted by Crippen LogP contribution is -2.31. The zero-order chi connectivity index (χ0) is 12.5. The molecule has 0 heterocycles. The molecule has 1 aromatic rings. The summed E-state index contributed by atoms with van der Waals surface area (Å²) in [6.45, 7) is 3.43. The van der Waals surface area contributed by atoms with Crippen molar-refractivity contribution in [3.63, 3.8) is 0 Å². The van der Waals surface area contributed by atoms with Crippen molar-refractivity contribution in [2.75, 3.05) is 6.54 Å². The Labute approximate surface area is 91.9 Å². The van der Waals surface area contributed by atoms with E-state index in [2.05, 4.69) is 0 Å². The number of aliphatic hydroxyl groups is 1. The van der Waals surface area contributed by atoms with Gasteiger partial charge in [0, 0.05) is 12.0 Å². The third kappa shape index (κ3) is 2.36. The summed E-state index contributed by atoms with van der Waals surface area (Å²) in [5.74, 6) is -4.18. The lowest BCUT2D eigenvalue weighted by Gasteiger charge is -2.29. The van der Waals surface area contributed by atoms with Gasteiger partial charge < -0.3 is 10.8 Å². The maximum atomic E-state index is 12.9. The van der Waals surface area contributed by atoms with Crippen LogP contribution in [0.25, 0.3) is 0 Å². The molecule has 1 unspecified atom stereocenters. The van der Waals surface area contributed by atoms with E-state index < -0.39 is 29.0 Å². The van der Waals surface area contributed by atoms with Crippen LogP contribution in [0.1, 0.15) is 25.5 Å². The zero-order valence-corrected chi connectivity index (χ0v) is 9.10. The first-order valence-electron chi connectivity index (χ1n) is 4.82. The van der Waals surface area contributed by atoms with Crippen LogP contribution in [0.3, 0.4) is 0 Å². The largest absolute Gasteiger partial charge is 0.388 e. The van der Waals surface area contributed by atoms with Gasteiger partial charge in [-0.25, -0.2) is 13.2 Å². The maximum Gasteiger partial charge on any atom is 0.194 e. The highest BCUT2D eigenvalue weighted by Gasteiger charge is 2.29. The highest BCUT2D eigenvalue weighted by atomic mass is 19.2. The van der Waals surface area contributed by atoms with Gasteiger partial charge in [0.25, 0.3) is 0 Å². The average Bonchev–Trinajstić information content (AvgIpc) is 2.24. The molecular formula is C11H14F3NO. The Morgan fingerprint density at radius 2 is 1.69 bits per heavy atom. The monoisotopic (exact) mass is 233 g/mol. The van der Waals surface area contributed by atoms with Gasteiger partial charge in [0.1, 0.15) is 0 Å². The number of nitrogens with two attached hydrogens (primary N) is 1. The Kier molecular flexibility index (Phi) is 3.60. The molecular weight excluding hydrogens is 219 g/mol. The standard InChI is InChI=1S/C11H14F3NO/c1-11(2,5-15)10(16)6-3-7(12)9(14)8(13)4-6/h3-4,10,16H,5,15H2,1-2H3. The van der Waals surface area contributed by atoms with Gasteiger partial charge in [-0.15, -0.1) is 0 Å². The fraction of sp³-hybridized carbons (Fsp3) is 0.455. The summed E-state index contributed by atoms with van der Waals surface area (Å²) in [6.07, 6.45) is -1.15. The topological polar surface area (TPSA) is 46.2 Å². The highest BCUT2D eigenvalue weighted by molar-refractivity contribution is 5.23. The number of rotatable bonds is 3. The van der Waals surface area contributed by atoms with Crippen LogP contribution in [-0.2, 0) is 0 Å². The summed E-state index contributed by atoms with van der Waals surface area (Å²) in [4.78, 5) is 0. The van der Waals surface area contributed by atoms with Crippen LogP contribution in [0.5, 0.6) is 0 Å². The second kappa shape index (κ2) is 4.43. The van der Waals surface area contributed by atoms with E-state index in [1.54, 1.807) is 13.8 Å². The van der Waals surface area contributed by atoms with Crippen molar-refractivity contribution in [2.24, 2.45) is 11.1 Å². The van der Waals surface area contributed by atoms with E-state index in [-0.39, 0.29) is 12.1 Å². The molecule has 1 rings (SSSR count). The van der Waals surface area contributed by atoms with Crippen molar-refractivity contribution in [1.82, 2.24) is 0 Å². The van der Waals surface area contributed by atoms with Gasteiger partial charge in [0.2, 0.25) is 0 Å². The second-order valence-corrected chi connectivity index (χ2v) is 4.39. The van der Waals surface area contributed by atoms with Crippen LogP contribution >= 0.6 is 0 Å². The smallest absolute Gasteiger partial charge is 0.194 e. The molecule has 3 N–H and O–H groups in total. The number of hydrogen-bond donors (Lipinski definition) is 2. The van der Waals surface area contributed by atoms with E-state index in [1.165, 1.54) is 0 Å². The van der Waals surface area contributed by atoms with Crippen molar-refractivity contribution in [2.45, 2.75) is 20.0 Å². The molecule has 0 bridgehead atoms. The first kappa shape index (κ1) is 13.0. The first-order chi connectivity index (χ1) is 7.29. The number of hydrogen-bond acceptors (Lipinski definition) is 2. The Morgan fingerprint density at radius 3 is 2.06 bits per heavy atom. The molecule has 0 aliphatic rings. The lowest BCUT2D eigenvalue weighted by atomic mass is 9.83. The van der Waals surface area contributed by atoms with Crippen LogP contribution in [0.2, 0.25) is 0 Å². The number of aliphatic hydroxyl groups excluding tert-OH is 1. The van der Waals surface area contributed by atoms with Crippen molar-refractivity contribution >= 4 is 0 Å². The van der Waals surface area contributed by atoms with Crippen LogP contribution in [0.15, 0.2) is 12.1 Å². The Morgan fingerprint density at radius 1 is 1.25 bits per heavy atom. The van der Waals surface area contributed by atoms with Crippen molar-refractivity contribution in [3.05, 3.63) is 35.1 Å². The summed E-state index contributed by atoms with van der Waals surface area (Å²) in [5.41, 5.74) is 4.67. The molecule has 0 fully saturated rings. The van der Waals surface area contributed by atoms with Crippen molar-refractivity contribution < 1.29 is 18.3 Å². The molecule has 0 aliphatic carbocycles. The van der Waals surface area contributed by atoms with E-state index in [9.17, 15) is 18.3 Å². The fourth-order valence-electron chi connectivity index (χ4n) is 1.30. The summed E-state index contributed by atoms with van der Waals surface area (Å²) >= 11 is 0. The molecule has 2 nitrogen and oxygen atoms in total. The quantitative estimate of drug-likeness (QED) is 0.785. The number of halogens is 3. The normalized spacial score (nSPS) is 13.9. The minimum absolute atomic E-state index is 0.0214. The molecule has 0 aliphatic heterocycles. The summed E-state index contributed by atoms with van der Waals surface area (Å²) in [7, 11) is 0. The fourth-order valence-corrected chi connectivity index (χ4v) is 1.30. The van der Waals surface area contributed by atoms with Crippen LogP contribution in [0, 0.1) is 22.9 Å². The third-order valence-electron chi connectivity index (χ3n) is 2.59. The Hall–Kier alpha value is -1.07. The lowest BCUT2D eigenvalue weighted by molar-refractivity contribution is 0.0548. The minimum atomic E-state index is -1.54. The molecule has 0 spiro atoms. The summed E-state index contributed by atoms with van der Waals surface area (Å²) < 4.78 is 38.6. The van der Waals surface area contributed by atoms with Crippen molar-refractivity contribution in [1.29, 1.82) is 0 Å². The van der Waals surface area contributed by atoms with Gasteiger partial charge in [-0.05, 0) is 17.7 Å². The van der Waals surface area contributed by atoms with Gasteiger partial charge in [-0.3, -0.25) is 0 Å². The SMILES string of the molecule is CC(C)(CN)C(O)c1cc(F)c(F)c(F)c1. The molecule has 0 amide bonds. The van der Waals surface area contributed by atoms with Gasteiger partial charge in [0.05, 0.1) is 6.10 Å². The number of benzene rings is 1. The van der Waals surface area contributed by atoms with E-state index in [0.717, 1.165) is 12.1 Å². The minimum Gasteiger partial charge on any atom is -0.388 e. The molecule has 5 heteroatoms. The van der Waals surface area contributed by atoms with Gasteiger partial charge in [-0.1, -0.05) is 13.8 Å². The molecule has 0 saturated carbocycles. The van der Waals surface area contributed by atoms with Gasteiger partial charge >= 0.3 is 0 Å². The van der Waals surface area contributed by atoms with Crippen LogP contribution in [0.4, 0.5) is 13.2 Å². The molecule has 0 saturated heterocycles. The highest BCUT2D eigenvalue weighted by Crippen LogP contribution is 2.33. The second-order valence-electron chi connectivity index (χ2n) is 4.39. The summed E-state index contributed by atoms with van der Waals surface area (Å²) in [6, 6.07) is 1.56. The average molecular weight is 233 g/mol. The summed E-state index contributed by atoms with van der Waals surface area (Å²) in [5, 5.41) is 9.85. The van der Waals surface area contributed by atoms with E-state index in [4.69, 9.17) is 5.73 Å². The molecule has 0 aromatic heterocycles. The van der Waals surface area contributed by atoms with Crippen LogP contribution in [-0.4, -0.2) is 11.7 Å². The third-order valence-corrected chi connectivity index (χ3v) is 2.59. The van der Waals surface area contributed by atoms with Crippen molar-refractivity contribution in [3.8, 4) is 0 Å². The van der Waals surface area contributed by atoms with Crippen LogP contribution < -0.4 is 5.73 Å². The predicted molar refractivity (Wildman–Crippen MR) is 54.1 cm³/mol. The van der Waals surface area contributed by atoms with E-state index in [0.29, 0.717) is 0 Å². The predicted octanol–water partition coefficient (Wildman–Crippen LogP) is 2.12. The molecule has 90 valence electrons. The zero-order valence-electron chi connectivity index (χ0n) is 9.10. The molecule has 0 radical (unpaired) electrons.